The van der Waals surface area contributed by atoms with Crippen LogP contribution in [0.15, 0.2) is 47.8 Å². The Balaban J connectivity index is 1.47. The number of para-hydroxylation sites is 1. The van der Waals surface area contributed by atoms with Gasteiger partial charge in [0.15, 0.2) is 5.96 Å². The van der Waals surface area contributed by atoms with Crippen LogP contribution in [0.25, 0.3) is 10.9 Å². The molecule has 156 valence electrons. The van der Waals surface area contributed by atoms with E-state index in [1.165, 1.54) is 10.9 Å². The number of hydrogen-bond acceptors (Lipinski definition) is 3. The van der Waals surface area contributed by atoms with Gasteiger partial charge in [-0.1, -0.05) is 39.0 Å². The largest absolute Gasteiger partial charge is 0.356 e. The standard InChI is InChI=1S/C22H33N7/c1-4-21-27-26-17-29(21)15-12-24-22(25-16-18(2)3)23-11-7-13-28-14-10-19-8-5-6-9-20(19)28/h5-6,8-10,14,17-18H,4,7,11-13,15-16H2,1-3H3,(H2,23,24,25). The number of nitrogens with zero attached hydrogens (tertiary/aromatic N) is 5. The smallest absolute Gasteiger partial charge is 0.191 e. The zero-order valence-electron chi connectivity index (χ0n) is 17.8. The average molecular weight is 396 g/mol. The molecule has 0 unspecified atom stereocenters. The summed E-state index contributed by atoms with van der Waals surface area (Å²) in [6.45, 7) is 10.8. The molecule has 2 heterocycles. The molecule has 3 aromatic rings. The molecule has 0 saturated carbocycles. The fourth-order valence-corrected chi connectivity index (χ4v) is 3.27. The Morgan fingerprint density at radius 2 is 1.90 bits per heavy atom. The summed E-state index contributed by atoms with van der Waals surface area (Å²) in [4.78, 5) is 4.72. The Morgan fingerprint density at radius 1 is 1.07 bits per heavy atom. The van der Waals surface area contributed by atoms with Crippen LogP contribution in [0.3, 0.4) is 0 Å². The molecule has 2 aromatic heterocycles. The minimum absolute atomic E-state index is 0.532. The van der Waals surface area contributed by atoms with Gasteiger partial charge in [-0.05, 0) is 29.9 Å². The van der Waals surface area contributed by atoms with Gasteiger partial charge in [0, 0.05) is 50.9 Å². The molecule has 0 aliphatic rings. The molecule has 0 spiro atoms. The Morgan fingerprint density at radius 3 is 2.72 bits per heavy atom. The van der Waals surface area contributed by atoms with Gasteiger partial charge in [-0.15, -0.1) is 10.2 Å². The molecule has 0 aliphatic carbocycles. The number of aromatic nitrogens is 4. The van der Waals surface area contributed by atoms with Crippen molar-refractivity contribution in [1.29, 1.82) is 0 Å². The van der Waals surface area contributed by atoms with Gasteiger partial charge in [0.05, 0.1) is 0 Å². The molecule has 0 bridgehead atoms. The van der Waals surface area contributed by atoms with Crippen LogP contribution in [0.1, 0.15) is 33.0 Å². The van der Waals surface area contributed by atoms with Crippen LogP contribution in [-0.2, 0) is 19.5 Å². The fourth-order valence-electron chi connectivity index (χ4n) is 3.27. The fraction of sp³-hybridized carbons (Fsp3) is 0.500. The molecule has 29 heavy (non-hydrogen) atoms. The molecule has 0 saturated heterocycles. The van der Waals surface area contributed by atoms with Gasteiger partial charge in [-0.3, -0.25) is 4.99 Å². The van der Waals surface area contributed by atoms with Gasteiger partial charge in [0.25, 0.3) is 0 Å². The highest BCUT2D eigenvalue weighted by molar-refractivity contribution is 5.80. The van der Waals surface area contributed by atoms with Crippen LogP contribution in [0.2, 0.25) is 0 Å². The molecule has 7 nitrogen and oxygen atoms in total. The quantitative estimate of drug-likeness (QED) is 0.314. The molecular formula is C22H33N7. The van der Waals surface area contributed by atoms with Gasteiger partial charge >= 0.3 is 0 Å². The highest BCUT2D eigenvalue weighted by Crippen LogP contribution is 2.15. The summed E-state index contributed by atoms with van der Waals surface area (Å²) in [5.41, 5.74) is 1.29. The Bertz CT molecular complexity index is 907. The molecule has 3 rings (SSSR count). The number of nitrogens with one attached hydrogen (secondary N) is 2. The zero-order chi connectivity index (χ0) is 20.5. The van der Waals surface area contributed by atoms with Gasteiger partial charge in [0.1, 0.15) is 12.2 Å². The zero-order valence-corrected chi connectivity index (χ0v) is 17.8. The lowest BCUT2D eigenvalue weighted by atomic mass is 10.2. The molecule has 0 fully saturated rings. The van der Waals surface area contributed by atoms with E-state index < -0.39 is 0 Å². The van der Waals surface area contributed by atoms with Gasteiger partial charge < -0.3 is 19.8 Å². The van der Waals surface area contributed by atoms with Crippen molar-refractivity contribution in [3.63, 3.8) is 0 Å². The molecule has 0 radical (unpaired) electrons. The summed E-state index contributed by atoms with van der Waals surface area (Å²) in [5.74, 6) is 2.42. The number of hydrogen-bond donors (Lipinski definition) is 2. The topological polar surface area (TPSA) is 72.1 Å². The second-order valence-corrected chi connectivity index (χ2v) is 7.65. The third-order valence-corrected chi connectivity index (χ3v) is 4.82. The highest BCUT2D eigenvalue weighted by Gasteiger charge is 2.04. The third-order valence-electron chi connectivity index (χ3n) is 4.82. The highest BCUT2D eigenvalue weighted by atomic mass is 15.3. The van der Waals surface area contributed by atoms with Crippen molar-refractivity contribution in [2.45, 2.75) is 46.7 Å². The lowest BCUT2D eigenvalue weighted by Gasteiger charge is -2.14. The number of aryl methyl sites for hydroxylation is 2. The first-order valence-corrected chi connectivity index (χ1v) is 10.6. The first-order chi connectivity index (χ1) is 14.2. The van der Waals surface area contributed by atoms with E-state index in [4.69, 9.17) is 4.99 Å². The van der Waals surface area contributed by atoms with Gasteiger partial charge in [-0.2, -0.15) is 0 Å². The predicted molar refractivity (Wildman–Crippen MR) is 119 cm³/mol. The summed E-state index contributed by atoms with van der Waals surface area (Å²) < 4.78 is 4.40. The van der Waals surface area contributed by atoms with Crippen LogP contribution in [0.4, 0.5) is 0 Å². The molecule has 2 N–H and O–H groups in total. The number of benzene rings is 1. The van der Waals surface area contributed by atoms with E-state index >= 15 is 0 Å². The van der Waals surface area contributed by atoms with Crippen LogP contribution < -0.4 is 10.6 Å². The molecule has 0 amide bonds. The first-order valence-electron chi connectivity index (χ1n) is 10.6. The summed E-state index contributed by atoms with van der Waals surface area (Å²) in [5, 5.41) is 16.3. The molecular weight excluding hydrogens is 362 g/mol. The Labute approximate surface area is 173 Å². The van der Waals surface area contributed by atoms with Crippen LogP contribution >= 0.6 is 0 Å². The predicted octanol–water partition coefficient (Wildman–Crippen LogP) is 3.08. The van der Waals surface area contributed by atoms with Crippen molar-refractivity contribution in [3.05, 3.63) is 48.7 Å². The van der Waals surface area contributed by atoms with Crippen molar-refractivity contribution in [1.82, 2.24) is 30.0 Å². The van der Waals surface area contributed by atoms with E-state index in [0.717, 1.165) is 57.3 Å². The van der Waals surface area contributed by atoms with Crippen molar-refractivity contribution in [3.8, 4) is 0 Å². The first kappa shape index (κ1) is 20.9. The van der Waals surface area contributed by atoms with E-state index in [0.29, 0.717) is 5.92 Å². The molecule has 0 aliphatic heterocycles. The van der Waals surface area contributed by atoms with Gasteiger partial charge in [-0.25, -0.2) is 0 Å². The van der Waals surface area contributed by atoms with Crippen LogP contribution in [0, 0.1) is 5.92 Å². The van der Waals surface area contributed by atoms with E-state index in [1.54, 1.807) is 6.33 Å². The maximum Gasteiger partial charge on any atom is 0.191 e. The molecule has 1 aromatic carbocycles. The maximum absolute atomic E-state index is 4.72. The van der Waals surface area contributed by atoms with Crippen molar-refractivity contribution in [2.75, 3.05) is 19.6 Å². The van der Waals surface area contributed by atoms with Crippen molar-refractivity contribution < 1.29 is 0 Å². The van der Waals surface area contributed by atoms with Crippen molar-refractivity contribution in [2.24, 2.45) is 10.9 Å². The minimum atomic E-state index is 0.532. The van der Waals surface area contributed by atoms with Crippen LogP contribution in [-0.4, -0.2) is 44.9 Å². The van der Waals surface area contributed by atoms with E-state index in [2.05, 4.69) is 87.3 Å². The average Bonchev–Trinajstić information content (AvgIpc) is 3.35. The number of fused-ring (bicyclic) bond motifs is 1. The second-order valence-electron chi connectivity index (χ2n) is 7.65. The SMILES string of the molecule is CCc1nncn1CCNC(=NCC(C)C)NCCCn1ccc2ccccc21. The summed E-state index contributed by atoms with van der Waals surface area (Å²) in [6.07, 6.45) is 5.88. The van der Waals surface area contributed by atoms with E-state index in [1.807, 2.05) is 0 Å². The van der Waals surface area contributed by atoms with Crippen molar-refractivity contribution >= 4 is 16.9 Å². The summed E-state index contributed by atoms with van der Waals surface area (Å²) in [6, 6.07) is 10.7. The monoisotopic (exact) mass is 395 g/mol. The van der Waals surface area contributed by atoms with E-state index in [9.17, 15) is 0 Å². The lowest BCUT2D eigenvalue weighted by Crippen LogP contribution is -2.40. The lowest BCUT2D eigenvalue weighted by molar-refractivity contribution is 0.609. The maximum atomic E-state index is 4.72. The second kappa shape index (κ2) is 10.6. The number of guanidine groups is 1. The summed E-state index contributed by atoms with van der Waals surface area (Å²) in [7, 11) is 0. The van der Waals surface area contributed by atoms with Gasteiger partial charge in [0.2, 0.25) is 0 Å². The van der Waals surface area contributed by atoms with Crippen LogP contribution in [0.5, 0.6) is 0 Å². The Hall–Kier alpha value is -2.83. The number of aliphatic imine (C=N–C) groups is 1. The molecule has 0 atom stereocenters. The summed E-state index contributed by atoms with van der Waals surface area (Å²) >= 11 is 0. The van der Waals surface area contributed by atoms with E-state index in [-0.39, 0.29) is 0 Å². The molecule has 7 heteroatoms. The normalized spacial score (nSPS) is 12.1. The third kappa shape index (κ3) is 6.07. The minimum Gasteiger partial charge on any atom is -0.356 e. The number of rotatable bonds is 10. The Kier molecular flexibility index (Phi) is 7.67.